The van der Waals surface area contributed by atoms with Gasteiger partial charge in [-0.15, -0.1) is 0 Å². The largest absolute Gasteiger partial charge is 0.461 e. The lowest BCUT2D eigenvalue weighted by molar-refractivity contribution is -0.152. The van der Waals surface area contributed by atoms with Crippen LogP contribution in [0.5, 0.6) is 0 Å². The van der Waals surface area contributed by atoms with E-state index in [1.165, 1.54) is 19.3 Å². The summed E-state index contributed by atoms with van der Waals surface area (Å²) in [5.74, 6) is -0.0947. The van der Waals surface area contributed by atoms with Gasteiger partial charge in [0.25, 0.3) is 10.1 Å². The Kier molecular flexibility index (Phi) is 12.5. The standard InChI is InChI=1S/C23H39O8PS/c1-17(2)29-23(24)16-27-14-8-7-11-19-21(28-15-22(19)31-33(3,25)26)13-12-20(30-32)18-9-5-4-6-10-18/h7-8,12-13,17-22H,4-6,9-11,14-16,32H2,1-3H3/b8-7-,13-12+/t19-,20?,21-,22+/m1/s1. The smallest absolute Gasteiger partial charge is 0.332 e. The molecule has 0 N–H and O–H groups in total. The van der Waals surface area contributed by atoms with Crippen LogP contribution in [0, 0.1) is 11.8 Å². The Morgan fingerprint density at radius 1 is 1.18 bits per heavy atom. The molecule has 5 atom stereocenters. The first-order valence-corrected chi connectivity index (χ1v) is 13.9. The van der Waals surface area contributed by atoms with Gasteiger partial charge in [0.15, 0.2) is 0 Å². The van der Waals surface area contributed by atoms with Crippen LogP contribution in [0.4, 0.5) is 0 Å². The van der Waals surface area contributed by atoms with E-state index in [4.69, 9.17) is 22.9 Å². The van der Waals surface area contributed by atoms with Crippen molar-refractivity contribution in [3.8, 4) is 0 Å². The van der Waals surface area contributed by atoms with E-state index in [1.807, 2.05) is 18.2 Å². The van der Waals surface area contributed by atoms with E-state index in [2.05, 4.69) is 9.47 Å². The molecule has 2 aliphatic rings. The molecule has 0 aromatic heterocycles. The van der Waals surface area contributed by atoms with Gasteiger partial charge in [-0.1, -0.05) is 43.6 Å². The van der Waals surface area contributed by atoms with Gasteiger partial charge in [-0.25, -0.2) is 4.79 Å². The Morgan fingerprint density at radius 3 is 2.55 bits per heavy atom. The van der Waals surface area contributed by atoms with E-state index in [0.717, 1.165) is 19.1 Å². The number of ether oxygens (including phenoxy) is 3. The molecule has 0 aromatic rings. The summed E-state index contributed by atoms with van der Waals surface area (Å²) in [5, 5.41) is 0. The molecule has 2 unspecified atom stereocenters. The van der Waals surface area contributed by atoms with Crippen LogP contribution in [0.1, 0.15) is 52.4 Å². The Bertz CT molecular complexity index is 746. The number of hydrogen-bond acceptors (Lipinski definition) is 8. The Labute approximate surface area is 200 Å². The summed E-state index contributed by atoms with van der Waals surface area (Å²) in [5.41, 5.74) is 0. The Morgan fingerprint density at radius 2 is 1.91 bits per heavy atom. The Hall–Kier alpha value is -0.830. The zero-order valence-corrected chi connectivity index (χ0v) is 21.9. The van der Waals surface area contributed by atoms with E-state index in [0.29, 0.717) is 12.3 Å². The van der Waals surface area contributed by atoms with Crippen LogP contribution in [-0.2, 0) is 37.8 Å². The first-order chi connectivity index (χ1) is 15.7. The second-order valence-electron chi connectivity index (χ2n) is 8.95. The molecule has 1 aliphatic carbocycles. The number of carbonyl (C=O) groups is 1. The van der Waals surface area contributed by atoms with Crippen LogP contribution in [0.2, 0.25) is 0 Å². The third kappa shape index (κ3) is 11.0. The summed E-state index contributed by atoms with van der Waals surface area (Å²) < 4.78 is 50.6. The third-order valence-corrected chi connectivity index (χ3v) is 6.70. The van der Waals surface area contributed by atoms with Crippen molar-refractivity contribution >= 4 is 25.6 Å². The van der Waals surface area contributed by atoms with Crippen LogP contribution < -0.4 is 0 Å². The SMILES string of the molecule is CC(C)OC(=O)COC/C=C\C[C@H]1[C@@H](OS(C)(=O)=O)CO[C@@H]1/C=C/C(OP)C1CCCCC1. The fourth-order valence-electron chi connectivity index (χ4n) is 4.30. The van der Waals surface area contributed by atoms with Crippen LogP contribution in [0.3, 0.4) is 0 Å². The normalized spacial score (nSPS) is 25.9. The summed E-state index contributed by atoms with van der Waals surface area (Å²) in [4.78, 5) is 11.5. The molecule has 190 valence electrons. The molecule has 2 fully saturated rings. The van der Waals surface area contributed by atoms with Crippen molar-refractivity contribution in [3.63, 3.8) is 0 Å². The highest BCUT2D eigenvalue weighted by Gasteiger charge is 2.38. The van der Waals surface area contributed by atoms with E-state index in [9.17, 15) is 13.2 Å². The number of hydrogen-bond donors (Lipinski definition) is 0. The van der Waals surface area contributed by atoms with E-state index in [-0.39, 0.29) is 44.1 Å². The monoisotopic (exact) mass is 506 g/mol. The average molecular weight is 507 g/mol. The van der Waals surface area contributed by atoms with Gasteiger partial charge in [0, 0.05) is 15.4 Å². The topological polar surface area (TPSA) is 97.4 Å². The van der Waals surface area contributed by atoms with Gasteiger partial charge >= 0.3 is 5.97 Å². The molecule has 0 aromatic carbocycles. The fourth-order valence-corrected chi connectivity index (χ4v) is 5.26. The number of allylic oxidation sites excluding steroid dienone is 1. The minimum absolute atomic E-state index is 0.0102. The van der Waals surface area contributed by atoms with E-state index in [1.54, 1.807) is 19.9 Å². The third-order valence-electron chi connectivity index (χ3n) is 5.79. The van der Waals surface area contributed by atoms with Gasteiger partial charge in [-0.2, -0.15) is 8.42 Å². The molecule has 10 heteroatoms. The predicted molar refractivity (Wildman–Crippen MR) is 129 cm³/mol. The molecule has 0 spiro atoms. The average Bonchev–Trinajstić information content (AvgIpc) is 3.11. The second kappa shape index (κ2) is 14.5. The summed E-state index contributed by atoms with van der Waals surface area (Å²) >= 11 is 0. The molecule has 1 saturated carbocycles. The summed E-state index contributed by atoms with van der Waals surface area (Å²) in [6.45, 7) is 3.91. The molecular formula is C23H39O8PS. The van der Waals surface area contributed by atoms with Gasteiger partial charge in [0.05, 0.1) is 37.8 Å². The maximum atomic E-state index is 11.7. The van der Waals surface area contributed by atoms with E-state index < -0.39 is 22.2 Å². The van der Waals surface area contributed by atoms with Crippen molar-refractivity contribution in [1.82, 2.24) is 0 Å². The minimum Gasteiger partial charge on any atom is -0.461 e. The quantitative estimate of drug-likeness (QED) is 0.123. The zero-order valence-electron chi connectivity index (χ0n) is 19.9. The predicted octanol–water partition coefficient (Wildman–Crippen LogP) is 3.57. The first-order valence-electron chi connectivity index (χ1n) is 11.7. The first kappa shape index (κ1) is 28.4. The van der Waals surface area contributed by atoms with Crippen LogP contribution in [-0.4, -0.2) is 64.9 Å². The van der Waals surface area contributed by atoms with Gasteiger partial charge in [-0.05, 0) is 39.0 Å². The molecule has 2 rings (SSSR count). The molecule has 8 nitrogen and oxygen atoms in total. The van der Waals surface area contributed by atoms with Crippen LogP contribution in [0.15, 0.2) is 24.3 Å². The lowest BCUT2D eigenvalue weighted by atomic mass is 9.84. The van der Waals surface area contributed by atoms with Gasteiger partial charge in [-0.3, -0.25) is 4.18 Å². The van der Waals surface area contributed by atoms with Crippen molar-refractivity contribution in [3.05, 3.63) is 24.3 Å². The van der Waals surface area contributed by atoms with Crippen molar-refractivity contribution in [2.24, 2.45) is 11.8 Å². The second-order valence-corrected chi connectivity index (χ2v) is 10.8. The van der Waals surface area contributed by atoms with Gasteiger partial charge < -0.3 is 18.7 Å². The highest BCUT2D eigenvalue weighted by Crippen LogP contribution is 2.32. The van der Waals surface area contributed by atoms with Crippen molar-refractivity contribution < 1.29 is 36.1 Å². The summed E-state index contributed by atoms with van der Waals surface area (Å²) in [7, 11) is -1.24. The molecule has 0 amide bonds. The maximum Gasteiger partial charge on any atom is 0.332 e. The summed E-state index contributed by atoms with van der Waals surface area (Å²) in [6.07, 6.45) is 14.3. The van der Waals surface area contributed by atoms with Crippen molar-refractivity contribution in [2.45, 2.75) is 76.8 Å². The lowest BCUT2D eigenvalue weighted by Gasteiger charge is -2.27. The minimum atomic E-state index is -3.61. The molecule has 1 saturated heterocycles. The zero-order chi connectivity index (χ0) is 24.3. The van der Waals surface area contributed by atoms with Crippen LogP contribution >= 0.6 is 9.47 Å². The maximum absolute atomic E-state index is 11.7. The molecule has 1 heterocycles. The molecule has 1 aliphatic heterocycles. The number of esters is 1. The van der Waals surface area contributed by atoms with Gasteiger partial charge in [0.2, 0.25) is 0 Å². The highest BCUT2D eigenvalue weighted by molar-refractivity contribution is 7.86. The van der Waals surface area contributed by atoms with Gasteiger partial charge in [0.1, 0.15) is 12.7 Å². The molecular weight excluding hydrogens is 467 g/mol. The van der Waals surface area contributed by atoms with Crippen molar-refractivity contribution in [1.29, 1.82) is 0 Å². The highest BCUT2D eigenvalue weighted by atomic mass is 32.2. The molecule has 0 radical (unpaired) electrons. The van der Waals surface area contributed by atoms with E-state index >= 15 is 0 Å². The fraction of sp³-hybridized carbons (Fsp3) is 0.783. The molecule has 33 heavy (non-hydrogen) atoms. The summed E-state index contributed by atoms with van der Waals surface area (Å²) in [6, 6.07) is 0. The number of carbonyl (C=O) groups excluding carboxylic acids is 1. The number of rotatable bonds is 13. The van der Waals surface area contributed by atoms with Crippen LogP contribution in [0.25, 0.3) is 0 Å². The Balaban J connectivity index is 1.93. The molecule has 0 bridgehead atoms. The van der Waals surface area contributed by atoms with Crippen molar-refractivity contribution in [2.75, 3.05) is 26.1 Å². The lowest BCUT2D eigenvalue weighted by Crippen LogP contribution is -2.28.